The summed E-state index contributed by atoms with van der Waals surface area (Å²) in [4.78, 5) is 22.4. The smallest absolute Gasteiger partial charge is 0.410 e. The molecular formula is C23H24FN5O2. The zero-order valence-corrected chi connectivity index (χ0v) is 17.8. The number of amides is 1. The van der Waals surface area contributed by atoms with Crippen LogP contribution in [-0.2, 0) is 10.4 Å². The average Bonchev–Trinajstić information content (AvgIpc) is 3.17. The summed E-state index contributed by atoms with van der Waals surface area (Å²) in [5.41, 5.74) is 0.531. The molecule has 4 rings (SSSR count). The molecule has 0 aromatic carbocycles. The minimum absolute atomic E-state index is 0.0888. The molecule has 160 valence electrons. The Bertz CT molecular complexity index is 1180. The van der Waals surface area contributed by atoms with Crippen LogP contribution in [0.5, 0.6) is 0 Å². The largest absolute Gasteiger partial charge is 0.444 e. The van der Waals surface area contributed by atoms with Gasteiger partial charge in [-0.15, -0.1) is 0 Å². The summed E-state index contributed by atoms with van der Waals surface area (Å²) in [6.07, 6.45) is 5.38. The average molecular weight is 421 g/mol. The molecule has 0 saturated carbocycles. The SMILES string of the molecule is CC(C)(C)OC(=O)N1CCCC(F)(c2cn3ccc(-c4ccnc(C#N)c4)cc3n2)C1. The number of nitrogens with zero attached hydrogens (tertiary/aromatic N) is 5. The van der Waals surface area contributed by atoms with Gasteiger partial charge < -0.3 is 14.0 Å². The number of hydrogen-bond donors (Lipinski definition) is 0. The summed E-state index contributed by atoms with van der Waals surface area (Å²) in [6.45, 7) is 5.74. The van der Waals surface area contributed by atoms with Gasteiger partial charge in [0.1, 0.15) is 23.0 Å². The fourth-order valence-electron chi connectivity index (χ4n) is 3.75. The first-order valence-corrected chi connectivity index (χ1v) is 10.2. The number of imidazole rings is 1. The molecule has 1 fully saturated rings. The molecule has 4 heterocycles. The van der Waals surface area contributed by atoms with Crippen molar-refractivity contribution in [1.82, 2.24) is 19.3 Å². The number of nitriles is 1. The molecule has 1 atom stereocenters. The van der Waals surface area contributed by atoms with Crippen molar-refractivity contribution in [3.05, 3.63) is 54.2 Å². The van der Waals surface area contributed by atoms with Crippen molar-refractivity contribution in [1.29, 1.82) is 5.26 Å². The number of hydrogen-bond acceptors (Lipinski definition) is 5. The topological polar surface area (TPSA) is 83.5 Å². The summed E-state index contributed by atoms with van der Waals surface area (Å²) in [7, 11) is 0. The third kappa shape index (κ3) is 4.36. The van der Waals surface area contributed by atoms with E-state index >= 15 is 4.39 Å². The van der Waals surface area contributed by atoms with E-state index in [0.717, 1.165) is 11.1 Å². The van der Waals surface area contributed by atoms with Crippen molar-refractivity contribution < 1.29 is 13.9 Å². The number of alkyl halides is 1. The summed E-state index contributed by atoms with van der Waals surface area (Å²) in [6, 6.07) is 9.27. The third-order valence-electron chi connectivity index (χ3n) is 5.22. The standard InChI is InChI=1S/C23H24FN5O2/c1-22(2,3)31-21(30)29-9-4-7-23(24,15-29)19-14-28-10-6-17(12-20(28)27-19)16-5-8-26-18(11-16)13-25/h5-6,8,10-12,14H,4,7,9,15H2,1-3H3. The summed E-state index contributed by atoms with van der Waals surface area (Å²) >= 11 is 0. The van der Waals surface area contributed by atoms with Crippen molar-refractivity contribution in [3.8, 4) is 17.2 Å². The number of likely N-dealkylation sites (tertiary alicyclic amines) is 1. The highest BCUT2D eigenvalue weighted by Gasteiger charge is 2.42. The maximum Gasteiger partial charge on any atom is 0.410 e. The first-order chi connectivity index (χ1) is 14.7. The lowest BCUT2D eigenvalue weighted by Gasteiger charge is -2.37. The molecule has 1 saturated heterocycles. The van der Waals surface area contributed by atoms with Gasteiger partial charge in [-0.2, -0.15) is 5.26 Å². The van der Waals surface area contributed by atoms with Crippen molar-refractivity contribution in [2.45, 2.75) is 44.9 Å². The van der Waals surface area contributed by atoms with E-state index in [9.17, 15) is 4.79 Å². The zero-order chi connectivity index (χ0) is 22.2. The lowest BCUT2D eigenvalue weighted by Crippen LogP contribution is -2.48. The highest BCUT2D eigenvalue weighted by atomic mass is 19.1. The van der Waals surface area contributed by atoms with Crippen LogP contribution in [0.15, 0.2) is 42.9 Å². The molecule has 1 aliphatic rings. The first kappa shape index (κ1) is 20.8. The molecular weight excluding hydrogens is 397 g/mol. The van der Waals surface area contributed by atoms with Gasteiger partial charge >= 0.3 is 6.09 Å². The molecule has 0 bridgehead atoms. The van der Waals surface area contributed by atoms with Crippen molar-refractivity contribution >= 4 is 11.7 Å². The van der Waals surface area contributed by atoms with Crippen LogP contribution in [0.1, 0.15) is 45.0 Å². The predicted molar refractivity (Wildman–Crippen MR) is 113 cm³/mol. The molecule has 0 aliphatic carbocycles. The summed E-state index contributed by atoms with van der Waals surface area (Å²) < 4.78 is 23.1. The molecule has 31 heavy (non-hydrogen) atoms. The fraction of sp³-hybridized carbons (Fsp3) is 0.391. The molecule has 0 N–H and O–H groups in total. The van der Waals surface area contributed by atoms with E-state index in [0.29, 0.717) is 36.4 Å². The van der Waals surface area contributed by atoms with Gasteiger partial charge in [-0.1, -0.05) is 0 Å². The maximum atomic E-state index is 15.9. The van der Waals surface area contributed by atoms with E-state index in [-0.39, 0.29) is 6.54 Å². The second kappa shape index (κ2) is 7.65. The predicted octanol–water partition coefficient (Wildman–Crippen LogP) is 4.46. The number of pyridine rings is 2. The molecule has 1 unspecified atom stereocenters. The highest BCUT2D eigenvalue weighted by molar-refractivity contribution is 5.69. The highest BCUT2D eigenvalue weighted by Crippen LogP contribution is 2.36. The summed E-state index contributed by atoms with van der Waals surface area (Å²) in [5, 5.41) is 9.07. The molecule has 0 radical (unpaired) electrons. The Kier molecular flexibility index (Phi) is 5.13. The normalized spacial score (nSPS) is 19.3. The van der Waals surface area contributed by atoms with Crippen molar-refractivity contribution in [2.24, 2.45) is 0 Å². The Labute approximate surface area is 180 Å². The van der Waals surface area contributed by atoms with Crippen LogP contribution < -0.4 is 0 Å². The Morgan fingerprint density at radius 3 is 2.81 bits per heavy atom. The Morgan fingerprint density at radius 1 is 1.29 bits per heavy atom. The van der Waals surface area contributed by atoms with E-state index in [1.54, 1.807) is 43.6 Å². The van der Waals surface area contributed by atoms with Crippen LogP contribution in [0.2, 0.25) is 0 Å². The van der Waals surface area contributed by atoms with E-state index in [1.165, 1.54) is 4.90 Å². The molecule has 1 aliphatic heterocycles. The van der Waals surface area contributed by atoms with Gasteiger partial charge in [0.25, 0.3) is 0 Å². The summed E-state index contributed by atoms with van der Waals surface area (Å²) in [5.74, 6) is 0. The minimum Gasteiger partial charge on any atom is -0.444 e. The van der Waals surface area contributed by atoms with Crippen LogP contribution in [0.3, 0.4) is 0 Å². The van der Waals surface area contributed by atoms with Gasteiger partial charge in [-0.3, -0.25) is 0 Å². The quantitative estimate of drug-likeness (QED) is 0.610. The first-order valence-electron chi connectivity index (χ1n) is 10.2. The van der Waals surface area contributed by atoms with Crippen LogP contribution in [-0.4, -0.2) is 44.1 Å². The van der Waals surface area contributed by atoms with Crippen LogP contribution in [0.25, 0.3) is 16.8 Å². The molecule has 7 nitrogen and oxygen atoms in total. The number of carbonyl (C=O) groups is 1. The molecule has 1 amide bonds. The zero-order valence-electron chi connectivity index (χ0n) is 17.8. The second-order valence-electron chi connectivity index (χ2n) is 8.82. The minimum atomic E-state index is -1.74. The van der Waals surface area contributed by atoms with E-state index in [4.69, 9.17) is 10.00 Å². The molecule has 8 heteroatoms. The lowest BCUT2D eigenvalue weighted by molar-refractivity contribution is -0.00765. The van der Waals surface area contributed by atoms with Gasteiger partial charge in [0.2, 0.25) is 0 Å². The number of carbonyl (C=O) groups excluding carboxylic acids is 1. The number of aromatic nitrogens is 3. The van der Waals surface area contributed by atoms with Crippen LogP contribution >= 0.6 is 0 Å². The van der Waals surface area contributed by atoms with E-state index in [1.807, 2.05) is 30.5 Å². The van der Waals surface area contributed by atoms with Gasteiger partial charge in [0.15, 0.2) is 5.67 Å². The number of rotatable bonds is 2. The Hall–Kier alpha value is -3.47. The Balaban J connectivity index is 1.61. The lowest BCUT2D eigenvalue weighted by atomic mass is 9.92. The van der Waals surface area contributed by atoms with Gasteiger partial charge in [0, 0.05) is 25.1 Å². The number of piperidine rings is 1. The fourth-order valence-corrected chi connectivity index (χ4v) is 3.75. The van der Waals surface area contributed by atoms with Crippen LogP contribution in [0.4, 0.5) is 9.18 Å². The molecule has 3 aromatic rings. The number of ether oxygens (including phenoxy) is 1. The maximum absolute atomic E-state index is 15.9. The second-order valence-corrected chi connectivity index (χ2v) is 8.82. The van der Waals surface area contributed by atoms with Gasteiger partial charge in [-0.05, 0) is 69.0 Å². The van der Waals surface area contributed by atoms with Crippen molar-refractivity contribution in [2.75, 3.05) is 13.1 Å². The van der Waals surface area contributed by atoms with Crippen molar-refractivity contribution in [3.63, 3.8) is 0 Å². The monoisotopic (exact) mass is 421 g/mol. The van der Waals surface area contributed by atoms with Crippen LogP contribution in [0, 0.1) is 11.3 Å². The number of fused-ring (bicyclic) bond motifs is 1. The van der Waals surface area contributed by atoms with Gasteiger partial charge in [0.05, 0.1) is 12.2 Å². The van der Waals surface area contributed by atoms with Gasteiger partial charge in [-0.25, -0.2) is 19.2 Å². The van der Waals surface area contributed by atoms with E-state index in [2.05, 4.69) is 9.97 Å². The molecule has 3 aromatic heterocycles. The Morgan fingerprint density at radius 2 is 2.06 bits per heavy atom. The third-order valence-corrected chi connectivity index (χ3v) is 5.22. The van der Waals surface area contributed by atoms with E-state index < -0.39 is 17.4 Å². The number of halogens is 1. The molecule has 0 spiro atoms.